The van der Waals surface area contributed by atoms with E-state index in [0.717, 1.165) is 0 Å². The molecule has 2 amide bonds. The predicted octanol–water partition coefficient (Wildman–Crippen LogP) is 3.13. The van der Waals surface area contributed by atoms with E-state index in [0.29, 0.717) is 17.2 Å². The molecule has 7 nitrogen and oxygen atoms in total. The van der Waals surface area contributed by atoms with E-state index in [2.05, 4.69) is 10.1 Å². The standard InChI is InChI=1S/C22H19ClF4N2O5/c1-33-17-3-2-12(23)6-14(17)22(32)29-5-4-11(9-29)21(31)28-8-13(30)10-34-20-18(26)15(24)7-16(25)19(20)27/h2-3,6-7,11H,4-5,8-10H2,1H3,(H,28,31)/t11-/m0/s1. The van der Waals surface area contributed by atoms with E-state index in [1.54, 1.807) is 12.1 Å². The maximum atomic E-state index is 13.6. The van der Waals surface area contributed by atoms with Gasteiger partial charge in [-0.05, 0) is 24.6 Å². The SMILES string of the molecule is COc1ccc(Cl)cc1C(=O)N1CC[C@H](C(=O)NCC(=O)COc2c(F)c(F)cc(F)c2F)C1. The van der Waals surface area contributed by atoms with Crippen LogP contribution >= 0.6 is 11.6 Å². The molecule has 1 aliphatic heterocycles. The Morgan fingerprint density at radius 3 is 2.44 bits per heavy atom. The highest BCUT2D eigenvalue weighted by molar-refractivity contribution is 6.31. The monoisotopic (exact) mass is 502 g/mol. The fourth-order valence-electron chi connectivity index (χ4n) is 3.39. The van der Waals surface area contributed by atoms with Crippen LogP contribution in [0.4, 0.5) is 17.6 Å². The molecule has 34 heavy (non-hydrogen) atoms. The van der Waals surface area contributed by atoms with E-state index < -0.39 is 59.8 Å². The zero-order valence-corrected chi connectivity index (χ0v) is 18.6. The summed E-state index contributed by atoms with van der Waals surface area (Å²) >= 11 is 5.96. The number of carbonyl (C=O) groups is 3. The zero-order valence-electron chi connectivity index (χ0n) is 17.8. The van der Waals surface area contributed by atoms with Crippen LogP contribution in [0.1, 0.15) is 16.8 Å². The van der Waals surface area contributed by atoms with Gasteiger partial charge >= 0.3 is 0 Å². The van der Waals surface area contributed by atoms with Crippen LogP contribution in [-0.2, 0) is 9.59 Å². The third kappa shape index (κ3) is 5.58. The van der Waals surface area contributed by atoms with Gasteiger partial charge in [-0.1, -0.05) is 11.6 Å². The Kier molecular flexibility index (Phi) is 7.98. The molecule has 1 aliphatic rings. The molecular weight excluding hydrogens is 484 g/mol. The smallest absolute Gasteiger partial charge is 0.257 e. The average molecular weight is 503 g/mol. The molecule has 1 fully saturated rings. The van der Waals surface area contributed by atoms with Crippen molar-refractivity contribution in [1.82, 2.24) is 10.2 Å². The van der Waals surface area contributed by atoms with Crippen molar-refractivity contribution in [2.45, 2.75) is 6.42 Å². The van der Waals surface area contributed by atoms with E-state index in [1.165, 1.54) is 18.1 Å². The molecule has 0 aromatic heterocycles. The van der Waals surface area contributed by atoms with Gasteiger partial charge in [0.2, 0.25) is 17.5 Å². The van der Waals surface area contributed by atoms with Gasteiger partial charge in [-0.15, -0.1) is 0 Å². The molecule has 0 radical (unpaired) electrons. The largest absolute Gasteiger partial charge is 0.496 e. The number of halogens is 5. The van der Waals surface area contributed by atoms with Crippen molar-refractivity contribution >= 4 is 29.2 Å². The molecule has 12 heteroatoms. The maximum Gasteiger partial charge on any atom is 0.257 e. The lowest BCUT2D eigenvalue weighted by atomic mass is 10.1. The number of nitrogens with one attached hydrogen (secondary N) is 1. The first kappa shape index (κ1) is 25.3. The van der Waals surface area contributed by atoms with Gasteiger partial charge in [-0.3, -0.25) is 14.4 Å². The van der Waals surface area contributed by atoms with Gasteiger partial charge in [-0.25, -0.2) is 8.78 Å². The molecule has 0 saturated carbocycles. The van der Waals surface area contributed by atoms with Crippen LogP contribution < -0.4 is 14.8 Å². The van der Waals surface area contributed by atoms with E-state index >= 15 is 0 Å². The molecule has 2 aromatic carbocycles. The van der Waals surface area contributed by atoms with Gasteiger partial charge in [-0.2, -0.15) is 8.78 Å². The van der Waals surface area contributed by atoms with Crippen LogP contribution in [-0.4, -0.2) is 55.8 Å². The Balaban J connectivity index is 1.51. The topological polar surface area (TPSA) is 84.9 Å². The van der Waals surface area contributed by atoms with Crippen molar-refractivity contribution in [2.75, 3.05) is 33.4 Å². The number of nitrogens with zero attached hydrogens (tertiary/aromatic N) is 1. The average Bonchev–Trinajstić information content (AvgIpc) is 3.31. The number of carbonyl (C=O) groups excluding carboxylic acids is 3. The molecule has 0 bridgehead atoms. The van der Waals surface area contributed by atoms with Crippen LogP contribution in [0.2, 0.25) is 5.02 Å². The Hall–Kier alpha value is -3.34. The molecular formula is C22H19ClF4N2O5. The minimum Gasteiger partial charge on any atom is -0.496 e. The van der Waals surface area contributed by atoms with E-state index in [9.17, 15) is 31.9 Å². The number of rotatable bonds is 8. The summed E-state index contributed by atoms with van der Waals surface area (Å²) in [5.41, 5.74) is 0.247. The van der Waals surface area contributed by atoms with Crippen molar-refractivity contribution in [3.8, 4) is 11.5 Å². The number of hydrogen-bond acceptors (Lipinski definition) is 5. The Morgan fingerprint density at radius 2 is 1.79 bits per heavy atom. The second kappa shape index (κ2) is 10.7. The normalized spacial score (nSPS) is 15.2. The molecule has 1 saturated heterocycles. The minimum atomic E-state index is -1.78. The Labute approximate surface area is 196 Å². The summed E-state index contributed by atoms with van der Waals surface area (Å²) in [4.78, 5) is 38.6. The lowest BCUT2D eigenvalue weighted by Gasteiger charge is -2.18. The van der Waals surface area contributed by atoms with Crippen LogP contribution in [0, 0.1) is 29.2 Å². The van der Waals surface area contributed by atoms with Crippen LogP contribution in [0.3, 0.4) is 0 Å². The fraction of sp³-hybridized carbons (Fsp3) is 0.318. The Bertz CT molecular complexity index is 1100. The molecule has 1 atom stereocenters. The summed E-state index contributed by atoms with van der Waals surface area (Å²) in [6.45, 7) is -1.11. The van der Waals surface area contributed by atoms with Crippen LogP contribution in [0.5, 0.6) is 11.5 Å². The summed E-state index contributed by atoms with van der Waals surface area (Å²) in [6, 6.07) is 4.60. The van der Waals surface area contributed by atoms with Crippen LogP contribution in [0.15, 0.2) is 24.3 Å². The first-order valence-corrected chi connectivity index (χ1v) is 10.4. The first-order valence-electron chi connectivity index (χ1n) is 10.00. The van der Waals surface area contributed by atoms with Gasteiger partial charge in [0.1, 0.15) is 12.4 Å². The van der Waals surface area contributed by atoms with E-state index in [1.807, 2.05) is 0 Å². The number of hydrogen-bond donors (Lipinski definition) is 1. The summed E-state index contributed by atoms with van der Waals surface area (Å²) in [7, 11) is 1.41. The van der Waals surface area contributed by atoms with Gasteiger partial charge in [0.05, 0.1) is 25.1 Å². The lowest BCUT2D eigenvalue weighted by molar-refractivity contribution is -0.128. The molecule has 2 aromatic rings. The summed E-state index contributed by atoms with van der Waals surface area (Å²) < 4.78 is 63.3. The van der Waals surface area contributed by atoms with Gasteiger partial charge < -0.3 is 19.7 Å². The van der Waals surface area contributed by atoms with Crippen molar-refractivity contribution in [3.05, 3.63) is 58.1 Å². The van der Waals surface area contributed by atoms with Crippen molar-refractivity contribution < 1.29 is 41.4 Å². The third-order valence-corrected chi connectivity index (χ3v) is 5.38. The van der Waals surface area contributed by atoms with E-state index in [4.69, 9.17) is 16.3 Å². The molecule has 0 spiro atoms. The molecule has 0 unspecified atom stereocenters. The lowest BCUT2D eigenvalue weighted by Crippen LogP contribution is -2.38. The number of methoxy groups -OCH3 is 1. The summed E-state index contributed by atoms with van der Waals surface area (Å²) in [5.74, 6) is -10.2. The third-order valence-electron chi connectivity index (χ3n) is 5.15. The highest BCUT2D eigenvalue weighted by atomic mass is 35.5. The number of amides is 2. The van der Waals surface area contributed by atoms with Crippen molar-refractivity contribution in [2.24, 2.45) is 5.92 Å². The summed E-state index contributed by atoms with van der Waals surface area (Å²) in [5, 5.41) is 2.70. The predicted molar refractivity (Wildman–Crippen MR) is 112 cm³/mol. The van der Waals surface area contributed by atoms with Gasteiger partial charge in [0.25, 0.3) is 5.91 Å². The molecule has 1 heterocycles. The van der Waals surface area contributed by atoms with Crippen LogP contribution in [0.25, 0.3) is 0 Å². The summed E-state index contributed by atoms with van der Waals surface area (Å²) in [6.07, 6.45) is 0.337. The second-order valence-corrected chi connectivity index (χ2v) is 7.86. The number of benzene rings is 2. The second-order valence-electron chi connectivity index (χ2n) is 7.42. The first-order chi connectivity index (χ1) is 16.1. The number of ether oxygens (including phenoxy) is 2. The highest BCUT2D eigenvalue weighted by Crippen LogP contribution is 2.28. The zero-order chi connectivity index (χ0) is 25.0. The van der Waals surface area contributed by atoms with E-state index in [-0.39, 0.29) is 30.6 Å². The number of ketones is 1. The number of likely N-dealkylation sites (tertiary alicyclic amines) is 1. The molecule has 1 N–H and O–H groups in total. The molecule has 182 valence electrons. The Morgan fingerprint density at radius 1 is 1.12 bits per heavy atom. The molecule has 0 aliphatic carbocycles. The van der Waals surface area contributed by atoms with Crippen molar-refractivity contribution in [1.29, 1.82) is 0 Å². The highest BCUT2D eigenvalue weighted by Gasteiger charge is 2.32. The minimum absolute atomic E-state index is 0.0116. The van der Waals surface area contributed by atoms with Gasteiger partial charge in [0, 0.05) is 24.2 Å². The maximum absolute atomic E-state index is 13.6. The quantitative estimate of drug-likeness (QED) is 0.443. The fourth-order valence-corrected chi connectivity index (χ4v) is 3.56. The molecule has 3 rings (SSSR count). The van der Waals surface area contributed by atoms with Gasteiger partial charge in [0.15, 0.2) is 23.2 Å². The number of Topliss-reactive ketones (excluding diaryl/α,β-unsaturated/α-hetero) is 1. The van der Waals surface area contributed by atoms with Crippen molar-refractivity contribution in [3.63, 3.8) is 0 Å².